The molecule has 82 valence electrons. The van der Waals surface area contributed by atoms with E-state index in [9.17, 15) is 0 Å². The molecule has 1 heterocycles. The van der Waals surface area contributed by atoms with Gasteiger partial charge in [-0.3, -0.25) is 0 Å². The van der Waals surface area contributed by atoms with Gasteiger partial charge in [0.15, 0.2) is 0 Å². The van der Waals surface area contributed by atoms with Crippen molar-refractivity contribution in [3.05, 3.63) is 29.3 Å². The van der Waals surface area contributed by atoms with E-state index >= 15 is 0 Å². The average molecular weight is 205 g/mol. The molecule has 0 bridgehead atoms. The fourth-order valence-corrected chi connectivity index (χ4v) is 2.28. The average Bonchev–Trinajstić information content (AvgIpc) is 2.30. The molecule has 2 heteroatoms. The summed E-state index contributed by atoms with van der Waals surface area (Å²) in [6.07, 6.45) is 3.90. The summed E-state index contributed by atoms with van der Waals surface area (Å²) in [7, 11) is 1.72. The minimum Gasteiger partial charge on any atom is -0.497 e. The molecule has 1 atom stereocenters. The summed E-state index contributed by atoms with van der Waals surface area (Å²) in [5.74, 6) is 0.951. The number of benzene rings is 1. The number of hydrogen-bond donors (Lipinski definition) is 1. The van der Waals surface area contributed by atoms with Crippen LogP contribution in [0.15, 0.2) is 18.2 Å². The van der Waals surface area contributed by atoms with E-state index in [-0.39, 0.29) is 0 Å². The van der Waals surface area contributed by atoms with E-state index in [4.69, 9.17) is 4.74 Å². The lowest BCUT2D eigenvalue weighted by Gasteiger charge is -2.25. The summed E-state index contributed by atoms with van der Waals surface area (Å²) >= 11 is 0. The molecule has 1 aromatic carbocycles. The predicted octanol–water partition coefficient (Wildman–Crippen LogP) is 2.82. The Morgan fingerprint density at radius 3 is 2.80 bits per heavy atom. The highest BCUT2D eigenvalue weighted by Gasteiger charge is 2.16. The fourth-order valence-electron chi connectivity index (χ4n) is 2.28. The van der Waals surface area contributed by atoms with Gasteiger partial charge in [0.25, 0.3) is 0 Å². The minimum absolute atomic E-state index is 0.546. The monoisotopic (exact) mass is 205 g/mol. The first-order valence-electron chi connectivity index (χ1n) is 5.69. The number of hydrogen-bond acceptors (Lipinski definition) is 2. The van der Waals surface area contributed by atoms with Gasteiger partial charge in [0.05, 0.1) is 7.11 Å². The van der Waals surface area contributed by atoms with Crippen LogP contribution in [0.25, 0.3) is 0 Å². The Hall–Kier alpha value is -1.02. The fraction of sp³-hybridized carbons (Fsp3) is 0.538. The van der Waals surface area contributed by atoms with Crippen molar-refractivity contribution < 1.29 is 4.74 Å². The van der Waals surface area contributed by atoms with Crippen LogP contribution in [0.3, 0.4) is 0 Å². The number of nitrogens with one attached hydrogen (secondary N) is 1. The van der Waals surface area contributed by atoms with Crippen LogP contribution in [0.2, 0.25) is 0 Å². The van der Waals surface area contributed by atoms with Crippen LogP contribution >= 0.6 is 0 Å². The van der Waals surface area contributed by atoms with Gasteiger partial charge in [0.2, 0.25) is 0 Å². The Labute approximate surface area is 91.6 Å². The van der Waals surface area contributed by atoms with E-state index in [1.54, 1.807) is 7.11 Å². The Bertz CT molecular complexity index is 329. The van der Waals surface area contributed by atoms with Gasteiger partial charge in [0.1, 0.15) is 5.75 Å². The van der Waals surface area contributed by atoms with Crippen molar-refractivity contribution in [2.24, 2.45) is 0 Å². The maximum atomic E-state index is 5.22. The zero-order chi connectivity index (χ0) is 10.7. The van der Waals surface area contributed by atoms with Gasteiger partial charge in [-0.1, -0.05) is 12.5 Å². The van der Waals surface area contributed by atoms with Crippen LogP contribution in [0, 0.1) is 6.92 Å². The number of piperidine rings is 1. The molecular formula is C13H19NO. The quantitative estimate of drug-likeness (QED) is 0.801. The van der Waals surface area contributed by atoms with Crippen LogP contribution in [0.5, 0.6) is 5.75 Å². The summed E-state index contributed by atoms with van der Waals surface area (Å²) in [6.45, 7) is 3.31. The van der Waals surface area contributed by atoms with Crippen molar-refractivity contribution in [2.45, 2.75) is 32.2 Å². The summed E-state index contributed by atoms with van der Waals surface area (Å²) in [5, 5.41) is 3.57. The molecule has 0 amide bonds. The van der Waals surface area contributed by atoms with Gasteiger partial charge < -0.3 is 10.1 Å². The van der Waals surface area contributed by atoms with Crippen LogP contribution < -0.4 is 10.1 Å². The van der Waals surface area contributed by atoms with E-state index in [1.165, 1.54) is 30.4 Å². The Morgan fingerprint density at radius 2 is 2.20 bits per heavy atom. The molecule has 1 fully saturated rings. The topological polar surface area (TPSA) is 21.3 Å². The van der Waals surface area contributed by atoms with Gasteiger partial charge in [0, 0.05) is 6.04 Å². The third-order valence-electron chi connectivity index (χ3n) is 3.16. The third-order valence-corrected chi connectivity index (χ3v) is 3.16. The van der Waals surface area contributed by atoms with Crippen LogP contribution in [-0.2, 0) is 0 Å². The second-order valence-corrected chi connectivity index (χ2v) is 4.23. The summed E-state index contributed by atoms with van der Waals surface area (Å²) in [5.41, 5.74) is 2.75. The van der Waals surface area contributed by atoms with Crippen molar-refractivity contribution >= 4 is 0 Å². The molecule has 2 nitrogen and oxygen atoms in total. The number of ether oxygens (including phenoxy) is 1. The van der Waals surface area contributed by atoms with Gasteiger partial charge in [-0.05, 0) is 49.6 Å². The summed E-state index contributed by atoms with van der Waals surface area (Å²) in [6, 6.07) is 6.91. The third kappa shape index (κ3) is 2.32. The molecule has 1 saturated heterocycles. The highest BCUT2D eigenvalue weighted by molar-refractivity contribution is 5.36. The highest BCUT2D eigenvalue weighted by Crippen LogP contribution is 2.27. The molecule has 0 aromatic heterocycles. The van der Waals surface area contributed by atoms with Crippen LogP contribution in [0.1, 0.15) is 36.4 Å². The standard InChI is InChI=1S/C13H19NO/c1-10-9-11(15-2)6-7-12(10)13-5-3-4-8-14-13/h6-7,9,13-14H,3-5,8H2,1-2H3. The number of aryl methyl sites for hydroxylation is 1. The molecule has 0 saturated carbocycles. The van der Waals surface area contributed by atoms with Gasteiger partial charge in [-0.2, -0.15) is 0 Å². The highest BCUT2D eigenvalue weighted by atomic mass is 16.5. The van der Waals surface area contributed by atoms with Gasteiger partial charge in [-0.15, -0.1) is 0 Å². The molecule has 1 aliphatic heterocycles. The molecule has 1 aliphatic rings. The molecule has 0 spiro atoms. The zero-order valence-electron chi connectivity index (χ0n) is 9.55. The second kappa shape index (κ2) is 4.67. The molecule has 0 aliphatic carbocycles. The van der Waals surface area contributed by atoms with Crippen LogP contribution in [-0.4, -0.2) is 13.7 Å². The van der Waals surface area contributed by atoms with Crippen molar-refractivity contribution in [3.8, 4) is 5.75 Å². The molecule has 1 aromatic rings. The smallest absolute Gasteiger partial charge is 0.119 e. The Morgan fingerprint density at radius 1 is 1.33 bits per heavy atom. The van der Waals surface area contributed by atoms with E-state index in [1.807, 2.05) is 0 Å². The van der Waals surface area contributed by atoms with E-state index < -0.39 is 0 Å². The first kappa shape index (κ1) is 10.5. The zero-order valence-corrected chi connectivity index (χ0v) is 9.55. The lowest BCUT2D eigenvalue weighted by atomic mass is 9.94. The second-order valence-electron chi connectivity index (χ2n) is 4.23. The van der Waals surface area contributed by atoms with Gasteiger partial charge >= 0.3 is 0 Å². The first-order valence-corrected chi connectivity index (χ1v) is 5.69. The maximum Gasteiger partial charge on any atom is 0.119 e. The summed E-state index contributed by atoms with van der Waals surface area (Å²) < 4.78 is 5.22. The number of rotatable bonds is 2. The molecule has 1 unspecified atom stereocenters. The Kier molecular flexibility index (Phi) is 3.27. The van der Waals surface area contributed by atoms with Crippen molar-refractivity contribution in [1.29, 1.82) is 0 Å². The maximum absolute atomic E-state index is 5.22. The first-order chi connectivity index (χ1) is 7.31. The van der Waals surface area contributed by atoms with E-state index in [0.29, 0.717) is 6.04 Å². The predicted molar refractivity (Wildman–Crippen MR) is 62.3 cm³/mol. The molecule has 2 rings (SSSR count). The van der Waals surface area contributed by atoms with E-state index in [2.05, 4.69) is 30.4 Å². The number of methoxy groups -OCH3 is 1. The van der Waals surface area contributed by atoms with Crippen molar-refractivity contribution in [2.75, 3.05) is 13.7 Å². The molecular weight excluding hydrogens is 186 g/mol. The molecule has 15 heavy (non-hydrogen) atoms. The van der Waals surface area contributed by atoms with Crippen molar-refractivity contribution in [3.63, 3.8) is 0 Å². The largest absolute Gasteiger partial charge is 0.497 e. The van der Waals surface area contributed by atoms with Crippen molar-refractivity contribution in [1.82, 2.24) is 5.32 Å². The lowest BCUT2D eigenvalue weighted by molar-refractivity contribution is 0.404. The Balaban J connectivity index is 2.19. The minimum atomic E-state index is 0.546. The molecule has 0 radical (unpaired) electrons. The lowest BCUT2D eigenvalue weighted by Crippen LogP contribution is -2.27. The van der Waals surface area contributed by atoms with E-state index in [0.717, 1.165) is 12.3 Å². The normalized spacial score (nSPS) is 21.3. The molecule has 1 N–H and O–H groups in total. The SMILES string of the molecule is COc1ccc(C2CCCCN2)c(C)c1. The van der Waals surface area contributed by atoms with Crippen LogP contribution in [0.4, 0.5) is 0 Å². The van der Waals surface area contributed by atoms with Gasteiger partial charge in [-0.25, -0.2) is 0 Å². The summed E-state index contributed by atoms with van der Waals surface area (Å²) in [4.78, 5) is 0.